The summed E-state index contributed by atoms with van der Waals surface area (Å²) in [7, 11) is 1.61. The minimum absolute atomic E-state index is 0.000181. The number of ether oxygens (including phenoxy) is 4. The van der Waals surface area contributed by atoms with Gasteiger partial charge in [0.25, 0.3) is 0 Å². The van der Waals surface area contributed by atoms with Crippen LogP contribution in [-0.4, -0.2) is 80.3 Å². The van der Waals surface area contributed by atoms with E-state index in [2.05, 4.69) is 15.3 Å². The predicted octanol–water partition coefficient (Wildman–Crippen LogP) is 4.28. The maximum absolute atomic E-state index is 12.6. The zero-order valence-electron chi connectivity index (χ0n) is 23.0. The number of nitrogens with one attached hydrogen (secondary N) is 1. The van der Waals surface area contributed by atoms with Crippen LogP contribution >= 0.6 is 0 Å². The summed E-state index contributed by atoms with van der Waals surface area (Å²) in [4.78, 5) is 27.1. The minimum Gasteiger partial charge on any atom is -0.493 e. The molecule has 0 bridgehead atoms. The van der Waals surface area contributed by atoms with Crippen LogP contribution in [0.4, 0.5) is 10.5 Å². The largest absolute Gasteiger partial charge is 0.493 e. The number of hydrogen-bond donors (Lipinski definition) is 1. The third-order valence-electron chi connectivity index (χ3n) is 6.45. The van der Waals surface area contributed by atoms with Crippen molar-refractivity contribution in [2.75, 3.05) is 51.9 Å². The molecule has 210 valence electrons. The van der Waals surface area contributed by atoms with E-state index in [9.17, 15) is 9.59 Å². The Bertz CT molecular complexity index is 1140. The second kappa shape index (κ2) is 14.0. The van der Waals surface area contributed by atoms with Gasteiger partial charge in [0, 0.05) is 43.7 Å². The molecule has 1 fully saturated rings. The molecular formula is C29H38N4O6. The lowest BCUT2D eigenvalue weighted by Gasteiger charge is -2.26. The van der Waals surface area contributed by atoms with Crippen LogP contribution in [0.5, 0.6) is 11.5 Å². The van der Waals surface area contributed by atoms with E-state index >= 15 is 0 Å². The second-order valence-electron chi connectivity index (χ2n) is 9.80. The highest BCUT2D eigenvalue weighted by molar-refractivity contribution is 6.04. The first-order chi connectivity index (χ1) is 18.9. The summed E-state index contributed by atoms with van der Waals surface area (Å²) in [5, 5.41) is 8.90. The van der Waals surface area contributed by atoms with Gasteiger partial charge in [-0.3, -0.25) is 15.0 Å². The zero-order valence-corrected chi connectivity index (χ0v) is 23.0. The molecule has 0 radical (unpaired) electrons. The van der Waals surface area contributed by atoms with E-state index in [4.69, 9.17) is 18.9 Å². The molecule has 0 atom stereocenters. The molecule has 10 nitrogen and oxygen atoms in total. The fourth-order valence-electron chi connectivity index (χ4n) is 4.43. The maximum atomic E-state index is 12.6. The van der Waals surface area contributed by atoms with Crippen LogP contribution in [0.25, 0.3) is 0 Å². The van der Waals surface area contributed by atoms with Gasteiger partial charge in [-0.1, -0.05) is 12.1 Å². The smallest absolute Gasteiger partial charge is 0.411 e. The van der Waals surface area contributed by atoms with E-state index in [0.717, 1.165) is 56.1 Å². The van der Waals surface area contributed by atoms with Gasteiger partial charge in [0.15, 0.2) is 11.5 Å². The van der Waals surface area contributed by atoms with Gasteiger partial charge in [-0.05, 0) is 56.2 Å². The molecule has 0 saturated carbocycles. The van der Waals surface area contributed by atoms with Crippen molar-refractivity contribution in [2.24, 2.45) is 5.10 Å². The Balaban J connectivity index is 1.30. The topological polar surface area (TPSA) is 102 Å². The lowest BCUT2D eigenvalue weighted by Crippen LogP contribution is -2.37. The van der Waals surface area contributed by atoms with Gasteiger partial charge in [-0.25, -0.2) is 9.80 Å². The number of benzene rings is 2. The Morgan fingerprint density at radius 1 is 1.08 bits per heavy atom. The average molecular weight is 539 g/mol. The SMILES string of the molecule is COc1ccc(C2=NN(Cc3ccc(NC(=O)OCCCN4CCOCC4)cc3)C(=O)CC2)cc1OC(C)C. The van der Waals surface area contributed by atoms with Crippen LogP contribution in [0, 0.1) is 0 Å². The van der Waals surface area contributed by atoms with Crippen molar-refractivity contribution < 1.29 is 28.5 Å². The molecule has 1 N–H and O–H groups in total. The number of hydrazone groups is 1. The molecule has 0 aromatic heterocycles. The van der Waals surface area contributed by atoms with Gasteiger partial charge in [0.1, 0.15) is 0 Å². The summed E-state index contributed by atoms with van der Waals surface area (Å²) in [6.45, 7) is 8.86. The standard InChI is InChI=1S/C29H38N4O6/c1-21(2)39-27-19-23(7-11-26(27)36-3)25-10-12-28(34)33(31-25)20-22-5-8-24(9-6-22)30-29(35)38-16-4-13-32-14-17-37-18-15-32/h5-9,11,19,21H,4,10,12-18,20H2,1-3H3,(H,30,35). The third kappa shape index (κ3) is 8.43. The van der Waals surface area contributed by atoms with Crippen LogP contribution in [0.3, 0.4) is 0 Å². The highest BCUT2D eigenvalue weighted by Gasteiger charge is 2.22. The van der Waals surface area contributed by atoms with Gasteiger partial charge >= 0.3 is 6.09 Å². The quantitative estimate of drug-likeness (QED) is 0.426. The average Bonchev–Trinajstić information content (AvgIpc) is 2.93. The molecular weight excluding hydrogens is 500 g/mol. The Morgan fingerprint density at radius 2 is 1.85 bits per heavy atom. The Kier molecular flexibility index (Phi) is 10.2. The van der Waals surface area contributed by atoms with E-state index in [1.165, 1.54) is 5.01 Å². The van der Waals surface area contributed by atoms with Gasteiger partial charge in [0.05, 0.1) is 45.3 Å². The lowest BCUT2D eigenvalue weighted by atomic mass is 10.0. The lowest BCUT2D eigenvalue weighted by molar-refractivity contribution is -0.132. The van der Waals surface area contributed by atoms with Crippen molar-refractivity contribution in [1.82, 2.24) is 9.91 Å². The number of hydrogen-bond acceptors (Lipinski definition) is 8. The van der Waals surface area contributed by atoms with E-state index in [1.54, 1.807) is 19.2 Å². The molecule has 39 heavy (non-hydrogen) atoms. The summed E-state index contributed by atoms with van der Waals surface area (Å²) >= 11 is 0. The molecule has 1 saturated heterocycles. The van der Waals surface area contributed by atoms with Crippen LogP contribution < -0.4 is 14.8 Å². The fourth-order valence-corrected chi connectivity index (χ4v) is 4.43. The van der Waals surface area contributed by atoms with Gasteiger partial charge < -0.3 is 18.9 Å². The summed E-state index contributed by atoms with van der Waals surface area (Å²) < 4.78 is 22.0. The number of amides is 2. The number of nitrogens with zero attached hydrogens (tertiary/aromatic N) is 3. The Morgan fingerprint density at radius 3 is 2.56 bits per heavy atom. The molecule has 2 heterocycles. The van der Waals surface area contributed by atoms with Gasteiger partial charge in [-0.2, -0.15) is 5.10 Å². The van der Waals surface area contributed by atoms with Crippen LogP contribution in [-0.2, 0) is 20.8 Å². The third-order valence-corrected chi connectivity index (χ3v) is 6.45. The van der Waals surface area contributed by atoms with Crippen molar-refractivity contribution in [3.05, 3.63) is 53.6 Å². The van der Waals surface area contributed by atoms with Crippen LogP contribution in [0.15, 0.2) is 47.6 Å². The number of carbonyl (C=O) groups excluding carboxylic acids is 2. The monoisotopic (exact) mass is 538 g/mol. The number of anilines is 1. The highest BCUT2D eigenvalue weighted by Crippen LogP contribution is 2.30. The Hall–Kier alpha value is -3.63. The zero-order chi connectivity index (χ0) is 27.6. The van der Waals surface area contributed by atoms with Gasteiger partial charge in [-0.15, -0.1) is 0 Å². The summed E-state index contributed by atoms with van der Waals surface area (Å²) in [6, 6.07) is 13.0. The molecule has 10 heteroatoms. The molecule has 2 aliphatic rings. The first-order valence-electron chi connectivity index (χ1n) is 13.5. The van der Waals surface area contributed by atoms with Crippen molar-refractivity contribution in [1.29, 1.82) is 0 Å². The van der Waals surface area contributed by atoms with Crippen molar-refractivity contribution in [3.63, 3.8) is 0 Å². The molecule has 2 aliphatic heterocycles. The normalized spacial score (nSPS) is 16.2. The molecule has 0 unspecified atom stereocenters. The molecule has 2 amide bonds. The van der Waals surface area contributed by atoms with E-state index < -0.39 is 6.09 Å². The number of methoxy groups -OCH3 is 1. The summed E-state index contributed by atoms with van der Waals surface area (Å²) in [5.41, 5.74) is 3.24. The van der Waals surface area contributed by atoms with Gasteiger partial charge in [0.2, 0.25) is 5.91 Å². The Labute approximate surface area is 229 Å². The molecule has 0 spiro atoms. The number of morpholine rings is 1. The first-order valence-corrected chi connectivity index (χ1v) is 13.5. The van der Waals surface area contributed by atoms with Crippen LogP contribution in [0.2, 0.25) is 0 Å². The van der Waals surface area contributed by atoms with Crippen molar-refractivity contribution >= 4 is 23.4 Å². The number of rotatable bonds is 11. The second-order valence-corrected chi connectivity index (χ2v) is 9.80. The molecule has 2 aromatic carbocycles. The van der Waals surface area contributed by atoms with E-state index in [1.807, 2.05) is 44.2 Å². The summed E-state index contributed by atoms with van der Waals surface area (Å²) in [6.07, 6.45) is 1.23. The van der Waals surface area contributed by atoms with E-state index in [0.29, 0.717) is 43.2 Å². The summed E-state index contributed by atoms with van der Waals surface area (Å²) in [5.74, 6) is 1.27. The maximum Gasteiger partial charge on any atom is 0.411 e. The number of carbonyl (C=O) groups is 2. The van der Waals surface area contributed by atoms with Crippen LogP contribution in [0.1, 0.15) is 44.2 Å². The van der Waals surface area contributed by atoms with Crippen molar-refractivity contribution in [2.45, 2.75) is 45.8 Å². The predicted molar refractivity (Wildman–Crippen MR) is 148 cm³/mol. The highest BCUT2D eigenvalue weighted by atomic mass is 16.5. The minimum atomic E-state index is -0.481. The molecule has 4 rings (SSSR count). The van der Waals surface area contributed by atoms with E-state index in [-0.39, 0.29) is 12.0 Å². The fraction of sp³-hybridized carbons (Fsp3) is 0.483. The molecule has 0 aliphatic carbocycles. The van der Waals surface area contributed by atoms with Crippen molar-refractivity contribution in [3.8, 4) is 11.5 Å². The first kappa shape index (κ1) is 28.4. The molecule has 2 aromatic rings.